The molecule has 0 saturated heterocycles. The predicted molar refractivity (Wildman–Crippen MR) is 37.7 cm³/mol. The summed E-state index contributed by atoms with van der Waals surface area (Å²) >= 11 is 0. The highest BCUT2D eigenvalue weighted by atomic mass is 16.3. The van der Waals surface area contributed by atoms with Crippen LogP contribution in [-0.4, -0.2) is 29.4 Å². The third-order valence-electron chi connectivity index (χ3n) is 1.02. The van der Waals surface area contributed by atoms with E-state index in [9.17, 15) is 0 Å². The molecule has 0 fully saturated rings. The van der Waals surface area contributed by atoms with Crippen LogP contribution in [0.3, 0.4) is 0 Å². The molecule has 0 rings (SSSR count). The molecule has 0 aromatic rings. The first-order valence-electron chi connectivity index (χ1n) is 3.21. The lowest BCUT2D eigenvalue weighted by molar-refractivity contribution is -0.00531. The Bertz CT molecular complexity index is 73.5. The van der Waals surface area contributed by atoms with E-state index in [0.29, 0.717) is 6.04 Å². The highest BCUT2D eigenvalue weighted by Gasteiger charge is 2.03. The van der Waals surface area contributed by atoms with Crippen molar-refractivity contribution in [2.24, 2.45) is 0 Å². The number of hydrogen-bond donors (Lipinski definition) is 2. The van der Waals surface area contributed by atoms with E-state index in [1.165, 1.54) is 0 Å². The van der Waals surface area contributed by atoms with Crippen molar-refractivity contribution in [2.75, 3.05) is 7.05 Å². The van der Waals surface area contributed by atoms with Crippen LogP contribution in [0.4, 0.5) is 0 Å². The number of aliphatic hydroxyl groups is 1. The third-order valence-corrected chi connectivity index (χ3v) is 1.02. The zero-order valence-corrected chi connectivity index (χ0v) is 6.55. The van der Waals surface area contributed by atoms with Gasteiger partial charge in [-0.1, -0.05) is 0 Å². The van der Waals surface area contributed by atoms with Crippen LogP contribution in [0, 0.1) is 0 Å². The summed E-state index contributed by atoms with van der Waals surface area (Å²) in [6.45, 7) is 5.77. The summed E-state index contributed by atoms with van der Waals surface area (Å²) in [6.07, 6.45) is -0.424. The Labute approximate surface area is 56.6 Å². The first kappa shape index (κ1) is 8.88. The van der Waals surface area contributed by atoms with Gasteiger partial charge in [-0.25, -0.2) is 5.01 Å². The van der Waals surface area contributed by atoms with Gasteiger partial charge in [-0.2, -0.15) is 0 Å². The molecule has 3 nitrogen and oxygen atoms in total. The molecule has 0 radical (unpaired) electrons. The third kappa shape index (κ3) is 4.39. The summed E-state index contributed by atoms with van der Waals surface area (Å²) in [4.78, 5) is 0. The van der Waals surface area contributed by atoms with E-state index in [0.717, 1.165) is 0 Å². The van der Waals surface area contributed by atoms with Crippen LogP contribution in [0.15, 0.2) is 0 Å². The van der Waals surface area contributed by atoms with E-state index in [1.54, 1.807) is 11.9 Å². The van der Waals surface area contributed by atoms with Crippen LogP contribution >= 0.6 is 0 Å². The van der Waals surface area contributed by atoms with E-state index in [-0.39, 0.29) is 0 Å². The van der Waals surface area contributed by atoms with Crippen LogP contribution in [0.5, 0.6) is 0 Å². The van der Waals surface area contributed by atoms with Gasteiger partial charge in [-0.15, -0.1) is 0 Å². The summed E-state index contributed by atoms with van der Waals surface area (Å²) in [5.74, 6) is 0. The van der Waals surface area contributed by atoms with Crippen LogP contribution in [0.25, 0.3) is 0 Å². The van der Waals surface area contributed by atoms with Crippen LogP contribution < -0.4 is 5.43 Å². The lowest BCUT2D eigenvalue weighted by Crippen LogP contribution is -2.44. The summed E-state index contributed by atoms with van der Waals surface area (Å²) in [5, 5.41) is 10.6. The van der Waals surface area contributed by atoms with Crippen LogP contribution in [-0.2, 0) is 0 Å². The maximum atomic E-state index is 8.93. The first-order valence-corrected chi connectivity index (χ1v) is 3.21. The number of nitrogens with one attached hydrogen (secondary N) is 1. The average molecular weight is 132 g/mol. The molecule has 0 amide bonds. The molecule has 2 N–H and O–H groups in total. The zero-order chi connectivity index (χ0) is 7.44. The molecular weight excluding hydrogens is 116 g/mol. The Balaban J connectivity index is 3.38. The second-order valence-electron chi connectivity index (χ2n) is 2.53. The molecule has 0 aliphatic carbocycles. The fourth-order valence-electron chi connectivity index (χ4n) is 0.515. The zero-order valence-electron chi connectivity index (χ0n) is 6.55. The summed E-state index contributed by atoms with van der Waals surface area (Å²) in [6, 6.07) is 0.379. The summed E-state index contributed by atoms with van der Waals surface area (Å²) in [5.41, 5.74) is 3.03. The highest BCUT2D eigenvalue weighted by Crippen LogP contribution is 1.86. The Kier molecular flexibility index (Phi) is 3.77. The Morgan fingerprint density at radius 1 is 1.33 bits per heavy atom. The van der Waals surface area contributed by atoms with Crippen molar-refractivity contribution in [2.45, 2.75) is 33.0 Å². The molecule has 56 valence electrons. The molecule has 1 unspecified atom stereocenters. The van der Waals surface area contributed by atoms with Gasteiger partial charge >= 0.3 is 0 Å². The number of hydrogen-bond acceptors (Lipinski definition) is 3. The monoisotopic (exact) mass is 132 g/mol. The molecule has 0 aromatic carbocycles. The van der Waals surface area contributed by atoms with Gasteiger partial charge in [0.05, 0.1) is 0 Å². The minimum Gasteiger partial charge on any atom is -0.377 e. The summed E-state index contributed by atoms with van der Waals surface area (Å²) < 4.78 is 0. The van der Waals surface area contributed by atoms with Gasteiger partial charge in [0, 0.05) is 13.1 Å². The molecule has 0 bridgehead atoms. The number of hydrazine groups is 1. The number of nitrogens with zero attached hydrogens (tertiary/aromatic N) is 1. The fraction of sp³-hybridized carbons (Fsp3) is 1.00. The molecule has 0 aromatic heterocycles. The van der Waals surface area contributed by atoms with Crippen molar-refractivity contribution >= 4 is 0 Å². The van der Waals surface area contributed by atoms with Crippen molar-refractivity contribution < 1.29 is 5.11 Å². The van der Waals surface area contributed by atoms with Crippen LogP contribution in [0.2, 0.25) is 0 Å². The second-order valence-corrected chi connectivity index (χ2v) is 2.53. The molecule has 0 aliphatic rings. The van der Waals surface area contributed by atoms with Gasteiger partial charge in [-0.05, 0) is 20.8 Å². The molecule has 0 spiro atoms. The Morgan fingerprint density at radius 2 is 1.78 bits per heavy atom. The van der Waals surface area contributed by atoms with Gasteiger partial charge in [-0.3, -0.25) is 5.43 Å². The molecule has 0 heterocycles. The molecular formula is C6H16N2O. The van der Waals surface area contributed by atoms with Gasteiger partial charge < -0.3 is 5.11 Å². The van der Waals surface area contributed by atoms with Gasteiger partial charge in [0.1, 0.15) is 6.23 Å². The molecule has 3 heteroatoms. The van der Waals surface area contributed by atoms with E-state index in [2.05, 4.69) is 5.43 Å². The smallest absolute Gasteiger partial charge is 0.116 e. The number of aliphatic hydroxyl groups excluding tert-OH is 1. The molecule has 0 aliphatic heterocycles. The quantitative estimate of drug-likeness (QED) is 0.424. The van der Waals surface area contributed by atoms with E-state index < -0.39 is 6.23 Å². The SMILES string of the molecule is CC(C)NN(C)C(C)O. The highest BCUT2D eigenvalue weighted by molar-refractivity contribution is 4.49. The Morgan fingerprint density at radius 3 is 1.89 bits per heavy atom. The van der Waals surface area contributed by atoms with Gasteiger partial charge in [0.25, 0.3) is 0 Å². The second kappa shape index (κ2) is 3.82. The largest absolute Gasteiger partial charge is 0.377 e. The van der Waals surface area contributed by atoms with Crippen molar-refractivity contribution in [1.82, 2.24) is 10.4 Å². The molecule has 9 heavy (non-hydrogen) atoms. The van der Waals surface area contributed by atoms with Gasteiger partial charge in [0.15, 0.2) is 0 Å². The standard InChI is InChI=1S/C6H16N2O/c1-5(2)7-8(4)6(3)9/h5-7,9H,1-4H3. The average Bonchev–Trinajstić information content (AvgIpc) is 1.63. The fourth-order valence-corrected chi connectivity index (χ4v) is 0.515. The normalized spacial score (nSPS) is 15.0. The maximum Gasteiger partial charge on any atom is 0.116 e. The van der Waals surface area contributed by atoms with Crippen molar-refractivity contribution in [3.63, 3.8) is 0 Å². The minimum absolute atomic E-state index is 0.379. The lowest BCUT2D eigenvalue weighted by Gasteiger charge is -2.23. The molecule has 1 atom stereocenters. The van der Waals surface area contributed by atoms with E-state index in [1.807, 2.05) is 20.9 Å². The molecule has 0 saturated carbocycles. The van der Waals surface area contributed by atoms with Crippen molar-refractivity contribution in [3.8, 4) is 0 Å². The van der Waals surface area contributed by atoms with Crippen LogP contribution in [0.1, 0.15) is 20.8 Å². The maximum absolute atomic E-state index is 8.93. The van der Waals surface area contributed by atoms with E-state index in [4.69, 9.17) is 5.11 Å². The van der Waals surface area contributed by atoms with Crippen molar-refractivity contribution in [1.29, 1.82) is 0 Å². The summed E-state index contributed by atoms with van der Waals surface area (Å²) in [7, 11) is 1.81. The van der Waals surface area contributed by atoms with Gasteiger partial charge in [0.2, 0.25) is 0 Å². The topological polar surface area (TPSA) is 35.5 Å². The minimum atomic E-state index is -0.424. The van der Waals surface area contributed by atoms with Crippen molar-refractivity contribution in [3.05, 3.63) is 0 Å². The predicted octanol–water partition coefficient (Wildman–Crippen LogP) is 0.169. The van der Waals surface area contributed by atoms with E-state index >= 15 is 0 Å². The lowest BCUT2D eigenvalue weighted by atomic mass is 10.4. The number of rotatable bonds is 3. The Hall–Kier alpha value is -0.120. The first-order chi connectivity index (χ1) is 4.04.